The van der Waals surface area contributed by atoms with Gasteiger partial charge in [0.1, 0.15) is 23.0 Å². The predicted octanol–water partition coefficient (Wildman–Crippen LogP) is 2.51. The Morgan fingerprint density at radius 2 is 2.11 bits per heavy atom. The Bertz CT molecular complexity index is 995. The van der Waals surface area contributed by atoms with E-state index in [1.807, 2.05) is 24.3 Å². The number of anilines is 3. The summed E-state index contributed by atoms with van der Waals surface area (Å²) < 4.78 is 7.43. The highest BCUT2D eigenvalue weighted by atomic mass is 16.5. The third-order valence-corrected chi connectivity index (χ3v) is 4.74. The molecule has 0 spiro atoms. The zero-order chi connectivity index (χ0) is 19.5. The molecule has 0 bridgehead atoms. The lowest BCUT2D eigenvalue weighted by Gasteiger charge is -2.22. The third kappa shape index (κ3) is 3.48. The average Bonchev–Trinajstić information content (AvgIpc) is 3.17. The summed E-state index contributed by atoms with van der Waals surface area (Å²) in [5.74, 6) is 1.70. The first-order chi connectivity index (χ1) is 13.7. The van der Waals surface area contributed by atoms with E-state index < -0.39 is 0 Å². The molecule has 0 aromatic carbocycles. The molecule has 3 aromatic heterocycles. The van der Waals surface area contributed by atoms with Gasteiger partial charge in [-0.25, -0.2) is 9.97 Å². The van der Waals surface area contributed by atoms with E-state index in [0.29, 0.717) is 28.7 Å². The number of amides is 1. The highest BCUT2D eigenvalue weighted by Crippen LogP contribution is 2.28. The van der Waals surface area contributed by atoms with Crippen molar-refractivity contribution in [1.82, 2.24) is 24.9 Å². The van der Waals surface area contributed by atoms with Crippen molar-refractivity contribution in [2.24, 2.45) is 0 Å². The van der Waals surface area contributed by atoms with E-state index in [9.17, 15) is 4.79 Å². The van der Waals surface area contributed by atoms with Crippen molar-refractivity contribution >= 4 is 29.0 Å². The predicted molar refractivity (Wildman–Crippen MR) is 106 cm³/mol. The number of nitrogens with zero attached hydrogens (tertiary/aromatic N) is 4. The number of carbonyl (C=O) groups is 1. The fourth-order valence-electron chi connectivity index (χ4n) is 3.31. The molecule has 0 saturated carbocycles. The lowest BCUT2D eigenvalue weighted by Crippen LogP contribution is -2.18. The molecule has 4 rings (SSSR count). The number of fused-ring (bicyclic) bond motifs is 1. The van der Waals surface area contributed by atoms with Gasteiger partial charge >= 0.3 is 0 Å². The van der Waals surface area contributed by atoms with Crippen molar-refractivity contribution in [1.29, 1.82) is 0 Å². The minimum atomic E-state index is -0.240. The third-order valence-electron chi connectivity index (χ3n) is 4.74. The molecule has 1 atom stereocenters. The molecule has 0 unspecified atom stereocenters. The molecule has 1 fully saturated rings. The van der Waals surface area contributed by atoms with Crippen LogP contribution in [0.4, 0.5) is 17.5 Å². The zero-order valence-corrected chi connectivity index (χ0v) is 15.9. The molecule has 146 valence electrons. The lowest BCUT2D eigenvalue weighted by molar-refractivity contribution is 0.0124. The summed E-state index contributed by atoms with van der Waals surface area (Å²) in [5, 5.41) is 13.2. The standard InChI is InChI=1S/C19H23N7O2/c1-20-17-10-16(25-18-12(19(27)21-2)11-22-26(17)18)24-15-8-5-6-13(23-15)14-7-3-4-9-28-14/h5-6,8,10-11,14,20H,3-4,7,9H2,1-2H3,(H,21,27)(H,23,24,25)/t14-/m0/s1. The van der Waals surface area contributed by atoms with Gasteiger partial charge < -0.3 is 20.7 Å². The molecule has 9 nitrogen and oxygen atoms in total. The maximum Gasteiger partial charge on any atom is 0.256 e. The Hall–Kier alpha value is -3.20. The van der Waals surface area contributed by atoms with E-state index in [0.717, 1.165) is 31.6 Å². The Morgan fingerprint density at radius 1 is 1.21 bits per heavy atom. The minimum absolute atomic E-state index is 0.0356. The van der Waals surface area contributed by atoms with Crippen LogP contribution in [-0.4, -0.2) is 46.2 Å². The summed E-state index contributed by atoms with van der Waals surface area (Å²) in [5.41, 5.74) is 1.77. The molecule has 3 N–H and O–H groups in total. The first-order valence-corrected chi connectivity index (χ1v) is 9.34. The number of hydrogen-bond donors (Lipinski definition) is 3. The molecule has 4 heterocycles. The first-order valence-electron chi connectivity index (χ1n) is 9.34. The van der Waals surface area contributed by atoms with Crippen LogP contribution in [0, 0.1) is 0 Å². The maximum absolute atomic E-state index is 12.1. The second-order valence-corrected chi connectivity index (χ2v) is 6.58. The molecule has 1 amide bonds. The molecule has 28 heavy (non-hydrogen) atoms. The van der Waals surface area contributed by atoms with Gasteiger partial charge in [-0.15, -0.1) is 0 Å². The monoisotopic (exact) mass is 381 g/mol. The van der Waals surface area contributed by atoms with Gasteiger partial charge in [0.25, 0.3) is 5.91 Å². The molecule has 1 aliphatic heterocycles. The van der Waals surface area contributed by atoms with Crippen molar-refractivity contribution in [3.8, 4) is 0 Å². The number of nitrogens with one attached hydrogen (secondary N) is 3. The van der Waals surface area contributed by atoms with E-state index in [1.165, 1.54) is 6.20 Å². The van der Waals surface area contributed by atoms with Crippen LogP contribution in [0.1, 0.15) is 41.4 Å². The van der Waals surface area contributed by atoms with Crippen molar-refractivity contribution in [2.45, 2.75) is 25.4 Å². The van der Waals surface area contributed by atoms with Crippen molar-refractivity contribution in [3.63, 3.8) is 0 Å². The molecule has 1 saturated heterocycles. The van der Waals surface area contributed by atoms with E-state index in [2.05, 4.69) is 26.0 Å². The Kier molecular flexibility index (Phi) is 5.07. The van der Waals surface area contributed by atoms with Gasteiger partial charge in [0, 0.05) is 26.8 Å². The molecular weight excluding hydrogens is 358 g/mol. The van der Waals surface area contributed by atoms with Crippen molar-refractivity contribution < 1.29 is 9.53 Å². The fourth-order valence-corrected chi connectivity index (χ4v) is 3.31. The van der Waals surface area contributed by atoms with Crippen LogP contribution in [0.3, 0.4) is 0 Å². The molecule has 0 aliphatic carbocycles. The van der Waals surface area contributed by atoms with Crippen LogP contribution in [0.25, 0.3) is 5.65 Å². The molecule has 0 radical (unpaired) electrons. The van der Waals surface area contributed by atoms with Crippen LogP contribution in [0.2, 0.25) is 0 Å². The quantitative estimate of drug-likeness (QED) is 0.623. The zero-order valence-electron chi connectivity index (χ0n) is 15.9. The van der Waals surface area contributed by atoms with Crippen LogP contribution < -0.4 is 16.0 Å². The number of pyridine rings is 1. The fraction of sp³-hybridized carbons (Fsp3) is 0.368. The summed E-state index contributed by atoms with van der Waals surface area (Å²) in [6, 6.07) is 7.64. The van der Waals surface area contributed by atoms with E-state index >= 15 is 0 Å². The van der Waals surface area contributed by atoms with Crippen LogP contribution >= 0.6 is 0 Å². The number of carbonyl (C=O) groups excluding carboxylic acids is 1. The first kappa shape index (κ1) is 18.2. The smallest absolute Gasteiger partial charge is 0.256 e. The topological polar surface area (TPSA) is 105 Å². The lowest BCUT2D eigenvalue weighted by atomic mass is 10.1. The van der Waals surface area contributed by atoms with Gasteiger partial charge in [0.15, 0.2) is 5.65 Å². The Balaban J connectivity index is 1.67. The minimum Gasteiger partial charge on any atom is -0.373 e. The Labute approximate surface area is 162 Å². The highest BCUT2D eigenvalue weighted by molar-refractivity contribution is 5.99. The van der Waals surface area contributed by atoms with E-state index in [1.54, 1.807) is 18.6 Å². The maximum atomic E-state index is 12.1. The highest BCUT2D eigenvalue weighted by Gasteiger charge is 2.19. The second kappa shape index (κ2) is 7.81. The van der Waals surface area contributed by atoms with Gasteiger partial charge in [-0.2, -0.15) is 9.61 Å². The van der Waals surface area contributed by atoms with Gasteiger partial charge in [-0.05, 0) is 31.4 Å². The number of hydrogen-bond acceptors (Lipinski definition) is 7. The normalized spacial score (nSPS) is 16.7. The van der Waals surface area contributed by atoms with Crippen LogP contribution in [0.5, 0.6) is 0 Å². The summed E-state index contributed by atoms with van der Waals surface area (Å²) in [4.78, 5) is 21.4. The Morgan fingerprint density at radius 3 is 2.86 bits per heavy atom. The molecule has 1 aliphatic rings. The van der Waals surface area contributed by atoms with Crippen molar-refractivity contribution in [2.75, 3.05) is 31.3 Å². The van der Waals surface area contributed by atoms with Crippen LogP contribution in [-0.2, 0) is 4.74 Å². The van der Waals surface area contributed by atoms with E-state index in [4.69, 9.17) is 9.72 Å². The van der Waals surface area contributed by atoms with Crippen LogP contribution in [0.15, 0.2) is 30.5 Å². The SMILES string of the molecule is CNC(=O)c1cnn2c(NC)cc(Nc3cccc([C@@H]4CCCCO4)n3)nc12. The number of rotatable bonds is 5. The van der Waals surface area contributed by atoms with Gasteiger partial charge in [0.05, 0.1) is 18.0 Å². The van der Waals surface area contributed by atoms with Gasteiger partial charge in [-0.3, -0.25) is 4.79 Å². The second-order valence-electron chi connectivity index (χ2n) is 6.58. The number of ether oxygens (including phenoxy) is 1. The summed E-state index contributed by atoms with van der Waals surface area (Å²) >= 11 is 0. The summed E-state index contributed by atoms with van der Waals surface area (Å²) in [6.45, 7) is 0.775. The molecule has 3 aromatic rings. The average molecular weight is 381 g/mol. The largest absolute Gasteiger partial charge is 0.373 e. The van der Waals surface area contributed by atoms with Crippen molar-refractivity contribution in [3.05, 3.63) is 41.7 Å². The van der Waals surface area contributed by atoms with E-state index in [-0.39, 0.29) is 12.0 Å². The summed E-state index contributed by atoms with van der Waals surface area (Å²) in [6.07, 6.45) is 4.77. The summed E-state index contributed by atoms with van der Waals surface area (Å²) in [7, 11) is 3.37. The molecular formula is C19H23N7O2. The van der Waals surface area contributed by atoms with Gasteiger partial charge in [-0.1, -0.05) is 6.07 Å². The van der Waals surface area contributed by atoms with Gasteiger partial charge in [0.2, 0.25) is 0 Å². The number of aromatic nitrogens is 4. The molecule has 9 heteroatoms.